The van der Waals surface area contributed by atoms with Gasteiger partial charge in [-0.3, -0.25) is 4.79 Å². The molecular formula is C17H16N2O2S. The number of aryl methyl sites for hydroxylation is 2. The van der Waals surface area contributed by atoms with Gasteiger partial charge in [0.15, 0.2) is 0 Å². The van der Waals surface area contributed by atoms with Crippen LogP contribution in [0.1, 0.15) is 16.3 Å². The molecule has 22 heavy (non-hydrogen) atoms. The molecule has 0 atom stereocenters. The van der Waals surface area contributed by atoms with E-state index < -0.39 is 5.97 Å². The summed E-state index contributed by atoms with van der Waals surface area (Å²) < 4.78 is 1.92. The first kappa shape index (κ1) is 14.5. The Kier molecular flexibility index (Phi) is 3.81. The van der Waals surface area contributed by atoms with Crippen LogP contribution in [0.5, 0.6) is 0 Å². The SMILES string of the molecule is Cc1cc(C)n(-c2cccc(-c3ccc(CC(=O)O)s3)c2)n1. The molecule has 0 radical (unpaired) electrons. The number of hydrogen-bond donors (Lipinski definition) is 1. The molecule has 0 amide bonds. The number of carboxylic acid groups (broad SMARTS) is 1. The third-order valence-corrected chi connectivity index (χ3v) is 4.51. The molecule has 4 nitrogen and oxygen atoms in total. The van der Waals surface area contributed by atoms with Gasteiger partial charge in [0.25, 0.3) is 0 Å². The summed E-state index contributed by atoms with van der Waals surface area (Å²) in [6.45, 7) is 4.01. The van der Waals surface area contributed by atoms with Crippen molar-refractivity contribution in [3.05, 3.63) is 58.7 Å². The third kappa shape index (κ3) is 2.94. The standard InChI is InChI=1S/C17H16N2O2S/c1-11-8-12(2)19(18-11)14-5-3-4-13(9-14)16-7-6-15(22-16)10-17(20)21/h3-9H,10H2,1-2H3,(H,20,21). The highest BCUT2D eigenvalue weighted by Crippen LogP contribution is 2.30. The molecule has 0 aliphatic rings. The maximum absolute atomic E-state index is 10.8. The molecule has 0 saturated carbocycles. The minimum Gasteiger partial charge on any atom is -0.481 e. The second-order valence-corrected chi connectivity index (χ2v) is 6.39. The zero-order valence-corrected chi connectivity index (χ0v) is 13.2. The fourth-order valence-corrected chi connectivity index (χ4v) is 3.45. The van der Waals surface area contributed by atoms with Crippen molar-refractivity contribution in [3.8, 4) is 16.1 Å². The van der Waals surface area contributed by atoms with E-state index in [1.165, 1.54) is 11.3 Å². The van der Waals surface area contributed by atoms with Gasteiger partial charge in [-0.15, -0.1) is 11.3 Å². The molecular weight excluding hydrogens is 296 g/mol. The van der Waals surface area contributed by atoms with Crippen LogP contribution in [0.3, 0.4) is 0 Å². The van der Waals surface area contributed by atoms with E-state index in [2.05, 4.69) is 11.2 Å². The Labute approximate surface area is 132 Å². The maximum Gasteiger partial charge on any atom is 0.308 e. The lowest BCUT2D eigenvalue weighted by atomic mass is 10.1. The van der Waals surface area contributed by atoms with Crippen molar-refractivity contribution < 1.29 is 9.90 Å². The lowest BCUT2D eigenvalue weighted by molar-refractivity contribution is -0.136. The highest BCUT2D eigenvalue weighted by atomic mass is 32.1. The summed E-state index contributed by atoms with van der Waals surface area (Å²) in [5.41, 5.74) is 4.16. The second-order valence-electron chi connectivity index (χ2n) is 5.23. The number of carbonyl (C=O) groups is 1. The lowest BCUT2D eigenvalue weighted by Gasteiger charge is -2.06. The quantitative estimate of drug-likeness (QED) is 0.796. The number of rotatable bonds is 4. The molecule has 0 saturated heterocycles. The molecule has 0 fully saturated rings. The summed E-state index contributed by atoms with van der Waals surface area (Å²) in [6.07, 6.45) is 0.0712. The molecule has 1 aromatic carbocycles. The van der Waals surface area contributed by atoms with Crippen LogP contribution in [0, 0.1) is 13.8 Å². The highest BCUT2D eigenvalue weighted by Gasteiger charge is 2.09. The molecule has 0 unspecified atom stereocenters. The molecule has 0 aliphatic heterocycles. The molecule has 0 aliphatic carbocycles. The number of thiophene rings is 1. The van der Waals surface area contributed by atoms with Gasteiger partial charge in [-0.05, 0) is 49.7 Å². The topological polar surface area (TPSA) is 55.1 Å². The largest absolute Gasteiger partial charge is 0.481 e. The van der Waals surface area contributed by atoms with E-state index in [9.17, 15) is 4.79 Å². The van der Waals surface area contributed by atoms with E-state index in [4.69, 9.17) is 5.11 Å². The summed E-state index contributed by atoms with van der Waals surface area (Å²) in [4.78, 5) is 12.7. The predicted octanol–water partition coefficient (Wildman–Crippen LogP) is 3.84. The van der Waals surface area contributed by atoms with Crippen LogP contribution >= 0.6 is 11.3 Å². The summed E-state index contributed by atoms with van der Waals surface area (Å²) in [5, 5.41) is 13.4. The lowest BCUT2D eigenvalue weighted by Crippen LogP contribution is -1.98. The van der Waals surface area contributed by atoms with Crippen LogP contribution in [-0.2, 0) is 11.2 Å². The first-order chi connectivity index (χ1) is 10.5. The highest BCUT2D eigenvalue weighted by molar-refractivity contribution is 7.15. The molecule has 0 bridgehead atoms. The van der Waals surface area contributed by atoms with Crippen molar-refractivity contribution in [1.29, 1.82) is 0 Å². The van der Waals surface area contributed by atoms with Gasteiger partial charge >= 0.3 is 5.97 Å². The van der Waals surface area contributed by atoms with Crippen molar-refractivity contribution >= 4 is 17.3 Å². The van der Waals surface area contributed by atoms with Gasteiger partial charge in [0.2, 0.25) is 0 Å². The van der Waals surface area contributed by atoms with Crippen molar-refractivity contribution in [2.75, 3.05) is 0 Å². The van der Waals surface area contributed by atoms with Crippen LogP contribution in [-0.4, -0.2) is 20.9 Å². The van der Waals surface area contributed by atoms with E-state index in [1.54, 1.807) is 0 Å². The molecule has 2 heterocycles. The van der Waals surface area contributed by atoms with Gasteiger partial charge in [0.05, 0.1) is 17.8 Å². The van der Waals surface area contributed by atoms with E-state index in [-0.39, 0.29) is 6.42 Å². The molecule has 5 heteroatoms. The normalized spacial score (nSPS) is 10.8. The van der Waals surface area contributed by atoms with Crippen molar-refractivity contribution in [1.82, 2.24) is 9.78 Å². The molecule has 112 valence electrons. The summed E-state index contributed by atoms with van der Waals surface area (Å²) >= 11 is 1.52. The Hall–Kier alpha value is -2.40. The number of aromatic nitrogens is 2. The van der Waals surface area contributed by atoms with Crippen molar-refractivity contribution in [2.24, 2.45) is 0 Å². The van der Waals surface area contributed by atoms with Gasteiger partial charge in [0, 0.05) is 15.4 Å². The van der Waals surface area contributed by atoms with E-state index in [0.29, 0.717) is 0 Å². The number of hydrogen-bond acceptors (Lipinski definition) is 3. The van der Waals surface area contributed by atoms with Gasteiger partial charge in [-0.25, -0.2) is 4.68 Å². The Bertz CT molecular complexity index is 833. The molecule has 0 spiro atoms. The van der Waals surface area contributed by atoms with Crippen LogP contribution in [0.15, 0.2) is 42.5 Å². The minimum absolute atomic E-state index is 0.0712. The Morgan fingerprint density at radius 2 is 2.05 bits per heavy atom. The Balaban J connectivity index is 1.96. The summed E-state index contributed by atoms with van der Waals surface area (Å²) in [5.74, 6) is -0.801. The fourth-order valence-electron chi connectivity index (χ4n) is 2.46. The van der Waals surface area contributed by atoms with Crippen molar-refractivity contribution in [3.63, 3.8) is 0 Å². The minimum atomic E-state index is -0.801. The van der Waals surface area contributed by atoms with E-state index >= 15 is 0 Å². The average molecular weight is 312 g/mol. The van der Waals surface area contributed by atoms with E-state index in [1.807, 2.05) is 54.9 Å². The third-order valence-electron chi connectivity index (χ3n) is 3.37. The monoisotopic (exact) mass is 312 g/mol. The van der Waals surface area contributed by atoms with Crippen LogP contribution in [0.4, 0.5) is 0 Å². The number of aliphatic carboxylic acids is 1. The molecule has 2 aromatic heterocycles. The Morgan fingerprint density at radius 1 is 1.23 bits per heavy atom. The van der Waals surface area contributed by atoms with Gasteiger partial charge in [-0.1, -0.05) is 12.1 Å². The second kappa shape index (κ2) is 5.77. The molecule has 1 N–H and O–H groups in total. The smallest absolute Gasteiger partial charge is 0.308 e. The number of carboxylic acids is 1. The van der Waals surface area contributed by atoms with Crippen LogP contribution in [0.25, 0.3) is 16.1 Å². The summed E-state index contributed by atoms with van der Waals surface area (Å²) in [6, 6.07) is 14.0. The van der Waals surface area contributed by atoms with Gasteiger partial charge < -0.3 is 5.11 Å². The molecule has 3 rings (SSSR count). The first-order valence-corrected chi connectivity index (χ1v) is 7.79. The van der Waals surface area contributed by atoms with Gasteiger partial charge in [-0.2, -0.15) is 5.10 Å². The van der Waals surface area contributed by atoms with Crippen molar-refractivity contribution in [2.45, 2.75) is 20.3 Å². The first-order valence-electron chi connectivity index (χ1n) is 6.97. The van der Waals surface area contributed by atoms with Gasteiger partial charge in [0.1, 0.15) is 0 Å². The number of nitrogens with zero attached hydrogens (tertiary/aromatic N) is 2. The number of benzene rings is 1. The fraction of sp³-hybridized carbons (Fsp3) is 0.176. The van der Waals surface area contributed by atoms with Crippen LogP contribution in [0.2, 0.25) is 0 Å². The maximum atomic E-state index is 10.8. The molecule has 3 aromatic rings. The summed E-state index contributed by atoms with van der Waals surface area (Å²) in [7, 11) is 0. The van der Waals surface area contributed by atoms with Crippen LogP contribution < -0.4 is 0 Å². The Morgan fingerprint density at radius 3 is 2.73 bits per heavy atom. The average Bonchev–Trinajstić information content (AvgIpc) is 3.05. The van der Waals surface area contributed by atoms with E-state index in [0.717, 1.165) is 32.4 Å². The predicted molar refractivity (Wildman–Crippen MR) is 87.7 cm³/mol. The zero-order valence-electron chi connectivity index (χ0n) is 12.4. The zero-order chi connectivity index (χ0) is 15.7.